The van der Waals surface area contributed by atoms with Gasteiger partial charge in [-0.15, -0.1) is 0 Å². The van der Waals surface area contributed by atoms with Crippen LogP contribution in [0.2, 0.25) is 0 Å². The summed E-state index contributed by atoms with van der Waals surface area (Å²) in [6, 6.07) is 0. The Morgan fingerprint density at radius 3 is 1.90 bits per heavy atom. The van der Waals surface area contributed by atoms with E-state index in [2.05, 4.69) is 26.0 Å². The molecule has 20 heavy (non-hydrogen) atoms. The highest BCUT2D eigenvalue weighted by Gasteiger charge is 2.30. The van der Waals surface area contributed by atoms with Crippen LogP contribution in [0, 0.1) is 23.7 Å². The third-order valence-electron chi connectivity index (χ3n) is 5.71. The summed E-state index contributed by atoms with van der Waals surface area (Å²) in [5.41, 5.74) is 0. The molecule has 2 rings (SSSR count). The van der Waals surface area contributed by atoms with Crippen molar-refractivity contribution in [2.24, 2.45) is 23.7 Å². The van der Waals surface area contributed by atoms with Crippen molar-refractivity contribution in [3.8, 4) is 0 Å². The summed E-state index contributed by atoms with van der Waals surface area (Å²) in [7, 11) is 0. The highest BCUT2D eigenvalue weighted by Crippen LogP contribution is 2.42. The average Bonchev–Trinajstić information content (AvgIpc) is 2.52. The van der Waals surface area contributed by atoms with Crippen LogP contribution in [-0.2, 0) is 4.74 Å². The number of hydrogen-bond donors (Lipinski definition) is 0. The molecule has 0 spiro atoms. The molecule has 0 radical (unpaired) electrons. The van der Waals surface area contributed by atoms with E-state index in [0.717, 1.165) is 36.9 Å². The summed E-state index contributed by atoms with van der Waals surface area (Å²) in [6.07, 6.45) is 17.7. The first-order valence-electron chi connectivity index (χ1n) is 9.02. The summed E-state index contributed by atoms with van der Waals surface area (Å²) in [4.78, 5) is 0. The van der Waals surface area contributed by atoms with Gasteiger partial charge in [0.05, 0.1) is 0 Å². The van der Waals surface area contributed by atoms with Gasteiger partial charge in [0.25, 0.3) is 0 Å². The lowest BCUT2D eigenvalue weighted by molar-refractivity contribution is 0.0715. The zero-order chi connectivity index (χ0) is 14.2. The molecule has 0 saturated heterocycles. The summed E-state index contributed by atoms with van der Waals surface area (Å²) >= 11 is 0. The Labute approximate surface area is 126 Å². The second-order valence-electron chi connectivity index (χ2n) is 7.03. The normalized spacial score (nSPS) is 35.5. The molecule has 0 aromatic heterocycles. The first-order valence-corrected chi connectivity index (χ1v) is 9.02. The van der Waals surface area contributed by atoms with Crippen molar-refractivity contribution < 1.29 is 4.74 Å². The molecule has 0 unspecified atom stereocenters. The van der Waals surface area contributed by atoms with Gasteiger partial charge in [-0.2, -0.15) is 0 Å². The highest BCUT2D eigenvalue weighted by atomic mass is 16.5. The van der Waals surface area contributed by atoms with E-state index in [9.17, 15) is 0 Å². The SMILES string of the molecule is CC=CCC1CCC(C2CCC(COCC)CC2)CC1. The first-order chi connectivity index (χ1) is 9.83. The quantitative estimate of drug-likeness (QED) is 0.574. The fourth-order valence-corrected chi connectivity index (χ4v) is 4.33. The molecule has 0 amide bonds. The zero-order valence-electron chi connectivity index (χ0n) is 13.7. The standard InChI is InChI=1S/C19H34O/c1-3-5-6-16-7-11-18(12-8-16)19-13-9-17(10-14-19)15-20-4-2/h3,5,16-19H,4,6-15H2,1-2H3. The van der Waals surface area contributed by atoms with Crippen LogP contribution in [0.3, 0.4) is 0 Å². The predicted octanol–water partition coefficient (Wildman–Crippen LogP) is 5.60. The van der Waals surface area contributed by atoms with Gasteiger partial charge in [-0.25, -0.2) is 0 Å². The average molecular weight is 278 g/mol. The smallest absolute Gasteiger partial charge is 0.0494 e. The zero-order valence-corrected chi connectivity index (χ0v) is 13.7. The number of ether oxygens (including phenoxy) is 1. The Bertz CT molecular complexity index is 267. The molecule has 0 atom stereocenters. The predicted molar refractivity (Wildman–Crippen MR) is 86.8 cm³/mol. The van der Waals surface area contributed by atoms with Gasteiger partial charge >= 0.3 is 0 Å². The first kappa shape index (κ1) is 16.1. The minimum atomic E-state index is 0.859. The Hall–Kier alpha value is -0.300. The van der Waals surface area contributed by atoms with Gasteiger partial charge in [-0.1, -0.05) is 12.2 Å². The van der Waals surface area contributed by atoms with Crippen LogP contribution in [0.15, 0.2) is 12.2 Å². The fraction of sp³-hybridized carbons (Fsp3) is 0.895. The van der Waals surface area contributed by atoms with Crippen molar-refractivity contribution in [3.05, 3.63) is 12.2 Å². The van der Waals surface area contributed by atoms with Crippen molar-refractivity contribution in [2.45, 2.75) is 71.6 Å². The molecule has 0 bridgehead atoms. The van der Waals surface area contributed by atoms with Crippen LogP contribution in [0.25, 0.3) is 0 Å². The van der Waals surface area contributed by atoms with Crippen molar-refractivity contribution in [2.75, 3.05) is 13.2 Å². The largest absolute Gasteiger partial charge is 0.381 e. The second-order valence-corrected chi connectivity index (χ2v) is 7.03. The molecular weight excluding hydrogens is 244 g/mol. The molecular formula is C19H34O. The fourth-order valence-electron chi connectivity index (χ4n) is 4.33. The van der Waals surface area contributed by atoms with E-state index in [1.807, 2.05) is 0 Å². The summed E-state index contributed by atoms with van der Waals surface area (Å²) in [5.74, 6) is 3.93. The van der Waals surface area contributed by atoms with Crippen molar-refractivity contribution >= 4 is 0 Å². The topological polar surface area (TPSA) is 9.23 Å². The minimum absolute atomic E-state index is 0.859. The number of rotatable bonds is 6. The maximum atomic E-state index is 5.60. The van der Waals surface area contributed by atoms with Crippen LogP contribution in [-0.4, -0.2) is 13.2 Å². The molecule has 2 saturated carbocycles. The third-order valence-corrected chi connectivity index (χ3v) is 5.71. The van der Waals surface area contributed by atoms with Crippen LogP contribution in [0.4, 0.5) is 0 Å². The van der Waals surface area contributed by atoms with Crippen molar-refractivity contribution in [3.63, 3.8) is 0 Å². The summed E-state index contributed by atoms with van der Waals surface area (Å²) in [6.45, 7) is 6.15. The van der Waals surface area contributed by atoms with Crippen LogP contribution < -0.4 is 0 Å². The van der Waals surface area contributed by atoms with E-state index in [1.54, 1.807) is 0 Å². The van der Waals surface area contributed by atoms with E-state index >= 15 is 0 Å². The van der Waals surface area contributed by atoms with E-state index in [4.69, 9.17) is 4.74 Å². The number of allylic oxidation sites excluding steroid dienone is 2. The lowest BCUT2D eigenvalue weighted by Gasteiger charge is -2.37. The van der Waals surface area contributed by atoms with Crippen molar-refractivity contribution in [1.82, 2.24) is 0 Å². The van der Waals surface area contributed by atoms with Gasteiger partial charge in [-0.3, -0.25) is 0 Å². The third kappa shape index (κ3) is 4.91. The van der Waals surface area contributed by atoms with E-state index in [-0.39, 0.29) is 0 Å². The number of hydrogen-bond acceptors (Lipinski definition) is 1. The van der Waals surface area contributed by atoms with Gasteiger partial charge in [0.1, 0.15) is 0 Å². The molecule has 0 aromatic carbocycles. The van der Waals surface area contributed by atoms with Gasteiger partial charge < -0.3 is 4.74 Å². The van der Waals surface area contributed by atoms with E-state index < -0.39 is 0 Å². The summed E-state index contributed by atoms with van der Waals surface area (Å²) < 4.78 is 5.60. The minimum Gasteiger partial charge on any atom is -0.381 e. The van der Waals surface area contributed by atoms with Gasteiger partial charge in [0, 0.05) is 13.2 Å². The Morgan fingerprint density at radius 2 is 1.40 bits per heavy atom. The summed E-state index contributed by atoms with van der Waals surface area (Å²) in [5, 5.41) is 0. The molecule has 2 aliphatic carbocycles. The lowest BCUT2D eigenvalue weighted by atomic mass is 9.69. The van der Waals surface area contributed by atoms with E-state index in [1.165, 1.54) is 57.8 Å². The monoisotopic (exact) mass is 278 g/mol. The maximum Gasteiger partial charge on any atom is 0.0494 e. The van der Waals surface area contributed by atoms with Gasteiger partial charge in [0.15, 0.2) is 0 Å². The van der Waals surface area contributed by atoms with E-state index in [0.29, 0.717) is 0 Å². The molecule has 0 heterocycles. The van der Waals surface area contributed by atoms with Crippen molar-refractivity contribution in [1.29, 1.82) is 0 Å². The van der Waals surface area contributed by atoms with Crippen LogP contribution in [0.5, 0.6) is 0 Å². The highest BCUT2D eigenvalue weighted by molar-refractivity contribution is 4.86. The molecule has 1 heteroatoms. The molecule has 116 valence electrons. The molecule has 1 nitrogen and oxygen atoms in total. The molecule has 0 aliphatic heterocycles. The Balaban J connectivity index is 1.65. The Kier molecular flexibility index (Phi) is 7.13. The van der Waals surface area contributed by atoms with Gasteiger partial charge in [0.2, 0.25) is 0 Å². The lowest BCUT2D eigenvalue weighted by Crippen LogP contribution is -2.27. The molecule has 0 aromatic rings. The van der Waals surface area contributed by atoms with Gasteiger partial charge in [-0.05, 0) is 95.3 Å². The maximum absolute atomic E-state index is 5.60. The Morgan fingerprint density at radius 1 is 0.850 bits per heavy atom. The molecule has 2 aliphatic rings. The second kappa shape index (κ2) is 8.87. The van der Waals surface area contributed by atoms with Crippen LogP contribution in [0.1, 0.15) is 71.6 Å². The molecule has 0 N–H and O–H groups in total. The van der Waals surface area contributed by atoms with Crippen LogP contribution >= 0.6 is 0 Å². The molecule has 2 fully saturated rings.